The lowest BCUT2D eigenvalue weighted by atomic mass is 9.48. The van der Waals surface area contributed by atoms with Crippen LogP contribution in [0.1, 0.15) is 66.9 Å². The van der Waals surface area contributed by atoms with Crippen molar-refractivity contribution in [3.8, 4) is 5.75 Å². The number of hydrogen-bond acceptors (Lipinski definition) is 4. The van der Waals surface area contributed by atoms with E-state index in [1.54, 1.807) is 36.4 Å². The first-order valence-corrected chi connectivity index (χ1v) is 15.9. The smallest absolute Gasteiger partial charge is 0.264 e. The summed E-state index contributed by atoms with van der Waals surface area (Å²) in [5.74, 6) is 3.00. The lowest BCUT2D eigenvalue weighted by molar-refractivity contribution is -0.00518. The van der Waals surface area contributed by atoms with Crippen molar-refractivity contribution in [1.82, 2.24) is 0 Å². The van der Waals surface area contributed by atoms with Crippen molar-refractivity contribution >= 4 is 27.3 Å². The standard InChI is InChI=1S/C33H38N2O4S/c1-4-39-29-12-10-28(11-13-29)35(3)40(37,38)30-14-5-22(2)31(18-30)32(36)34-27-8-6-26(7-9-27)33-19-23-15-24(20-33)17-25(16-23)21-33/h5-14,18,23-25H,4,15-17,19-21H2,1-3H3,(H,34,36). The van der Waals surface area contributed by atoms with E-state index in [0.717, 1.165) is 23.4 Å². The van der Waals surface area contributed by atoms with Gasteiger partial charge in [0.25, 0.3) is 15.9 Å². The van der Waals surface area contributed by atoms with Crippen LogP contribution < -0.4 is 14.4 Å². The van der Waals surface area contributed by atoms with Crippen LogP contribution in [0.5, 0.6) is 5.75 Å². The first-order valence-electron chi connectivity index (χ1n) is 14.4. The predicted octanol–water partition coefficient (Wildman–Crippen LogP) is 6.94. The second-order valence-corrected chi connectivity index (χ2v) is 14.1. The van der Waals surface area contributed by atoms with Crippen LogP contribution in [0.2, 0.25) is 0 Å². The number of sulfonamides is 1. The Morgan fingerprint density at radius 3 is 2.10 bits per heavy atom. The molecule has 1 N–H and O–H groups in total. The number of hydrogen-bond donors (Lipinski definition) is 1. The molecule has 4 aliphatic rings. The molecule has 6 nitrogen and oxygen atoms in total. The summed E-state index contributed by atoms with van der Waals surface area (Å²) < 4.78 is 33.6. The lowest BCUT2D eigenvalue weighted by Crippen LogP contribution is -2.48. The fourth-order valence-electron chi connectivity index (χ4n) is 7.79. The summed E-state index contributed by atoms with van der Waals surface area (Å²) in [6, 6.07) is 20.0. The molecule has 0 spiro atoms. The minimum Gasteiger partial charge on any atom is -0.494 e. The Morgan fingerprint density at radius 1 is 0.925 bits per heavy atom. The Labute approximate surface area is 237 Å². The molecule has 4 saturated carbocycles. The monoisotopic (exact) mass is 558 g/mol. The van der Waals surface area contributed by atoms with Gasteiger partial charge in [-0.3, -0.25) is 9.10 Å². The van der Waals surface area contributed by atoms with Gasteiger partial charge >= 0.3 is 0 Å². The number of carbonyl (C=O) groups excluding carboxylic acids is 1. The van der Waals surface area contributed by atoms with E-state index in [4.69, 9.17) is 4.74 Å². The molecule has 0 aromatic heterocycles. The van der Waals surface area contributed by atoms with Crippen molar-refractivity contribution in [2.75, 3.05) is 23.3 Å². The molecule has 3 aromatic carbocycles. The summed E-state index contributed by atoms with van der Waals surface area (Å²) >= 11 is 0. The molecule has 1 amide bonds. The van der Waals surface area contributed by atoms with Crippen molar-refractivity contribution in [2.45, 2.75) is 62.7 Å². The highest BCUT2D eigenvalue weighted by atomic mass is 32.2. The van der Waals surface area contributed by atoms with Gasteiger partial charge in [0.2, 0.25) is 0 Å². The fourth-order valence-corrected chi connectivity index (χ4v) is 9.01. The molecule has 0 radical (unpaired) electrons. The van der Waals surface area contributed by atoms with Crippen LogP contribution in [-0.2, 0) is 15.4 Å². The number of carbonyl (C=O) groups is 1. The highest BCUT2D eigenvalue weighted by Crippen LogP contribution is 2.60. The van der Waals surface area contributed by atoms with Crippen LogP contribution in [0.3, 0.4) is 0 Å². The Morgan fingerprint density at radius 2 is 1.52 bits per heavy atom. The molecule has 7 rings (SSSR count). The molecule has 4 bridgehead atoms. The van der Waals surface area contributed by atoms with Gasteiger partial charge in [-0.1, -0.05) is 18.2 Å². The van der Waals surface area contributed by atoms with Gasteiger partial charge in [0.15, 0.2) is 0 Å². The minimum atomic E-state index is -3.88. The van der Waals surface area contributed by atoms with Crippen LogP contribution in [0.25, 0.3) is 0 Å². The van der Waals surface area contributed by atoms with Crippen LogP contribution in [0.15, 0.2) is 71.6 Å². The molecule has 0 aliphatic heterocycles. The van der Waals surface area contributed by atoms with E-state index < -0.39 is 10.0 Å². The normalized spacial score (nSPS) is 25.0. The van der Waals surface area contributed by atoms with E-state index >= 15 is 0 Å². The lowest BCUT2D eigenvalue weighted by Gasteiger charge is -2.57. The van der Waals surface area contributed by atoms with Crippen LogP contribution >= 0.6 is 0 Å². The molecule has 4 aliphatic carbocycles. The summed E-state index contributed by atoms with van der Waals surface area (Å²) in [4.78, 5) is 13.4. The van der Waals surface area contributed by atoms with Gasteiger partial charge in [-0.05, 0) is 135 Å². The molecular weight excluding hydrogens is 520 g/mol. The summed E-state index contributed by atoms with van der Waals surface area (Å²) in [7, 11) is -2.37. The number of nitrogens with zero attached hydrogens (tertiary/aromatic N) is 1. The van der Waals surface area contributed by atoms with Crippen LogP contribution in [-0.4, -0.2) is 28.0 Å². The molecule has 7 heteroatoms. The fraction of sp³-hybridized carbons (Fsp3) is 0.424. The second kappa shape index (κ2) is 10.3. The highest BCUT2D eigenvalue weighted by Gasteiger charge is 2.51. The molecule has 3 aromatic rings. The largest absolute Gasteiger partial charge is 0.494 e. The average molecular weight is 559 g/mol. The molecule has 0 unspecified atom stereocenters. The topological polar surface area (TPSA) is 75.7 Å². The third-order valence-corrected chi connectivity index (χ3v) is 11.2. The van der Waals surface area contributed by atoms with Crippen molar-refractivity contribution in [3.05, 3.63) is 83.4 Å². The summed E-state index contributed by atoms with van der Waals surface area (Å²) in [6.07, 6.45) is 8.15. The third kappa shape index (κ3) is 4.89. The molecule has 4 fully saturated rings. The van der Waals surface area contributed by atoms with E-state index in [-0.39, 0.29) is 10.8 Å². The van der Waals surface area contributed by atoms with Crippen molar-refractivity contribution in [2.24, 2.45) is 17.8 Å². The zero-order valence-electron chi connectivity index (χ0n) is 23.5. The Balaban J connectivity index is 1.18. The SMILES string of the molecule is CCOc1ccc(N(C)S(=O)(=O)c2ccc(C)c(C(=O)Nc3ccc(C45CC6CC(CC(C6)C4)C5)cc3)c2)cc1. The highest BCUT2D eigenvalue weighted by molar-refractivity contribution is 7.92. The van der Waals surface area contributed by atoms with E-state index in [2.05, 4.69) is 17.4 Å². The van der Waals surface area contributed by atoms with Gasteiger partial charge in [0, 0.05) is 18.3 Å². The van der Waals surface area contributed by atoms with Crippen LogP contribution in [0, 0.1) is 24.7 Å². The van der Waals surface area contributed by atoms with Crippen LogP contribution in [0.4, 0.5) is 11.4 Å². The molecule has 0 atom stereocenters. The first-order chi connectivity index (χ1) is 19.2. The van der Waals surface area contributed by atoms with E-state index in [1.165, 1.54) is 61.5 Å². The van der Waals surface area contributed by atoms with E-state index in [9.17, 15) is 13.2 Å². The summed E-state index contributed by atoms with van der Waals surface area (Å²) in [5.41, 5.74) is 4.00. The Bertz CT molecular complexity index is 1480. The number of anilines is 2. The molecule has 40 heavy (non-hydrogen) atoms. The van der Waals surface area contributed by atoms with Gasteiger partial charge < -0.3 is 10.1 Å². The molecule has 0 heterocycles. The Kier molecular flexibility index (Phi) is 6.89. The number of ether oxygens (including phenoxy) is 1. The maximum atomic E-state index is 13.5. The predicted molar refractivity (Wildman–Crippen MR) is 159 cm³/mol. The van der Waals surface area contributed by atoms with Gasteiger partial charge in [-0.25, -0.2) is 8.42 Å². The Hall–Kier alpha value is -3.32. The quantitative estimate of drug-likeness (QED) is 0.325. The van der Waals surface area contributed by atoms with Crippen molar-refractivity contribution in [3.63, 3.8) is 0 Å². The second-order valence-electron chi connectivity index (χ2n) is 12.1. The molecule has 210 valence electrons. The number of aryl methyl sites for hydroxylation is 1. The zero-order chi connectivity index (χ0) is 28.1. The van der Waals surface area contributed by atoms with E-state index in [1.807, 2.05) is 26.0 Å². The van der Waals surface area contributed by atoms with E-state index in [0.29, 0.717) is 34.6 Å². The number of nitrogens with one attached hydrogen (secondary N) is 1. The number of amides is 1. The summed E-state index contributed by atoms with van der Waals surface area (Å²) in [6.45, 7) is 4.25. The first kappa shape index (κ1) is 26.9. The molecular formula is C33H38N2O4S. The maximum Gasteiger partial charge on any atom is 0.264 e. The van der Waals surface area contributed by atoms with Gasteiger partial charge in [-0.2, -0.15) is 0 Å². The number of rotatable bonds is 8. The van der Waals surface area contributed by atoms with Gasteiger partial charge in [0.05, 0.1) is 17.2 Å². The summed E-state index contributed by atoms with van der Waals surface area (Å²) in [5, 5.41) is 3.00. The zero-order valence-corrected chi connectivity index (χ0v) is 24.3. The van der Waals surface area contributed by atoms with Gasteiger partial charge in [0.1, 0.15) is 5.75 Å². The third-order valence-electron chi connectivity index (χ3n) is 9.42. The number of benzene rings is 3. The maximum absolute atomic E-state index is 13.5. The van der Waals surface area contributed by atoms with Crippen molar-refractivity contribution in [1.29, 1.82) is 0 Å². The minimum absolute atomic E-state index is 0.0665. The average Bonchev–Trinajstić information content (AvgIpc) is 2.93. The van der Waals surface area contributed by atoms with Crippen molar-refractivity contribution < 1.29 is 17.9 Å². The van der Waals surface area contributed by atoms with Gasteiger partial charge in [-0.15, -0.1) is 0 Å². The molecule has 0 saturated heterocycles.